The Labute approximate surface area is 104 Å². The smallest absolute Gasteiger partial charge is 0.744 e. The second-order valence-corrected chi connectivity index (χ2v) is 2.97. The molecule has 0 heterocycles. The van der Waals surface area contributed by atoms with Gasteiger partial charge in [-0.2, -0.15) is 0 Å². The number of benzene rings is 1. The van der Waals surface area contributed by atoms with Crippen molar-refractivity contribution in [3.05, 3.63) is 29.7 Å². The van der Waals surface area contributed by atoms with Crippen LogP contribution >= 0.6 is 0 Å². The van der Waals surface area contributed by atoms with Gasteiger partial charge in [0.2, 0.25) is 0 Å². The van der Waals surface area contributed by atoms with Crippen LogP contribution < -0.4 is 29.6 Å². The molecule has 3 nitrogen and oxygen atoms in total. The molecule has 5 heteroatoms. The Morgan fingerprint density at radius 2 is 1.92 bits per heavy atom. The molecule has 0 atom stereocenters. The van der Waals surface area contributed by atoms with Crippen LogP contribution in [0.3, 0.4) is 0 Å². The van der Waals surface area contributed by atoms with E-state index in [4.69, 9.17) is 9.60 Å². The third-order valence-corrected chi connectivity index (χ3v) is 1.56. The molecule has 1 rings (SSSR count). The van der Waals surface area contributed by atoms with Gasteiger partial charge in [0.1, 0.15) is 10.1 Å². The quantitative estimate of drug-likeness (QED) is 0.386. The summed E-state index contributed by atoms with van der Waals surface area (Å²) in [4.78, 5) is -1.34. The van der Waals surface area contributed by atoms with Crippen molar-refractivity contribution in [1.29, 1.82) is 0 Å². The summed E-state index contributed by atoms with van der Waals surface area (Å²) in [7, 11) is -5.22. The van der Waals surface area contributed by atoms with E-state index in [0.29, 0.717) is 0 Å². The molecule has 0 fully saturated rings. The molecule has 0 unspecified atom stereocenters. The maximum absolute atomic E-state index is 10.8. The van der Waals surface area contributed by atoms with Crippen molar-refractivity contribution in [2.24, 2.45) is 0 Å². The summed E-state index contributed by atoms with van der Waals surface area (Å²) in [5.74, 6) is 0. The first kappa shape index (κ1) is 4.57. The summed E-state index contributed by atoms with van der Waals surface area (Å²) < 4.78 is 83.0. The van der Waals surface area contributed by atoms with Crippen LogP contribution in [0.1, 0.15) is 15.2 Å². The van der Waals surface area contributed by atoms with Crippen molar-refractivity contribution in [3.8, 4) is 0 Å². The first-order chi connectivity index (χ1) is 7.89. The van der Waals surface area contributed by atoms with Gasteiger partial charge in [0, 0.05) is 4.11 Å². The average molecular weight is 201 g/mol. The maximum Gasteiger partial charge on any atom is 1.00 e. The molecule has 0 bridgehead atoms. The van der Waals surface area contributed by atoms with Gasteiger partial charge >= 0.3 is 29.6 Å². The minimum Gasteiger partial charge on any atom is -0.744 e. The van der Waals surface area contributed by atoms with Crippen LogP contribution in [-0.4, -0.2) is 13.0 Å². The maximum atomic E-state index is 10.8. The van der Waals surface area contributed by atoms with Gasteiger partial charge in [0.05, 0.1) is 10.4 Å². The van der Waals surface area contributed by atoms with Crippen LogP contribution in [0.2, 0.25) is 0 Å². The molecule has 0 N–H and O–H groups in total. The summed E-state index contributed by atoms with van der Waals surface area (Å²) in [5.41, 5.74) is -0.912. The van der Waals surface area contributed by atoms with Gasteiger partial charge in [-0.25, -0.2) is 8.42 Å². The average Bonchev–Trinajstić information content (AvgIpc) is 2.10. The molecule has 1 aromatic carbocycles. The van der Waals surface area contributed by atoms with Gasteiger partial charge < -0.3 is 4.55 Å². The second-order valence-electron chi connectivity index (χ2n) is 1.66. The molecule has 12 heavy (non-hydrogen) atoms. The molecule has 0 saturated heterocycles. The summed E-state index contributed by atoms with van der Waals surface area (Å²) >= 11 is 0. The monoisotopic (exact) mass is 201 g/mol. The Morgan fingerprint density at radius 3 is 2.25 bits per heavy atom. The predicted molar refractivity (Wildman–Crippen MR) is 39.1 cm³/mol. The van der Waals surface area contributed by atoms with Crippen molar-refractivity contribution >= 4 is 10.1 Å². The van der Waals surface area contributed by atoms with Crippen molar-refractivity contribution in [2.75, 3.05) is 0 Å². The number of rotatable bonds is 1. The topological polar surface area (TPSA) is 57.2 Å². The number of hydrogen-bond donors (Lipinski definition) is 0. The van der Waals surface area contributed by atoms with E-state index in [9.17, 15) is 13.0 Å². The van der Waals surface area contributed by atoms with E-state index in [1.807, 2.05) is 0 Å². The fourth-order valence-corrected chi connectivity index (χ4v) is 0.778. The molecular formula is C7H7NaO3S. The first-order valence-electron chi connectivity index (χ1n) is 5.95. The van der Waals surface area contributed by atoms with E-state index in [0.717, 1.165) is 0 Å². The predicted octanol–water partition coefficient (Wildman–Crippen LogP) is -2.10. The Balaban J connectivity index is 0.00000324. The minimum atomic E-state index is -5.22. The molecule has 0 radical (unpaired) electrons. The molecule has 60 valence electrons. The van der Waals surface area contributed by atoms with E-state index in [1.54, 1.807) is 0 Å². The summed E-state index contributed by atoms with van der Waals surface area (Å²) in [6.07, 6.45) is 0. The molecule has 1 aromatic rings. The van der Waals surface area contributed by atoms with Crippen molar-refractivity contribution in [1.82, 2.24) is 0 Å². The summed E-state index contributed by atoms with van der Waals surface area (Å²) in [5, 5.41) is 0. The summed E-state index contributed by atoms with van der Waals surface area (Å²) in [6, 6.07) is -4.44. The van der Waals surface area contributed by atoms with Crippen LogP contribution in [0.15, 0.2) is 29.1 Å². The van der Waals surface area contributed by atoms with Crippen molar-refractivity contribution in [2.45, 2.75) is 11.7 Å². The minimum absolute atomic E-state index is 0. The molecule has 0 aliphatic rings. The van der Waals surface area contributed by atoms with E-state index >= 15 is 0 Å². The van der Waals surface area contributed by atoms with Crippen LogP contribution in [0.25, 0.3) is 0 Å². The van der Waals surface area contributed by atoms with Gasteiger partial charge in [-0.3, -0.25) is 0 Å². The van der Waals surface area contributed by atoms with Gasteiger partial charge in [0.15, 0.2) is 0 Å². The van der Waals surface area contributed by atoms with Crippen LogP contribution in [-0.2, 0) is 10.1 Å². The molecule has 0 saturated carbocycles. The van der Waals surface area contributed by atoms with Crippen LogP contribution in [0.5, 0.6) is 0 Å². The third-order valence-electron chi connectivity index (χ3n) is 0.852. The Bertz CT molecular complexity index is 581. The molecule has 0 aliphatic carbocycles. The third kappa shape index (κ3) is 3.25. The molecule has 0 aromatic heterocycles. The van der Waals surface area contributed by atoms with Gasteiger partial charge in [-0.15, -0.1) is 0 Å². The summed E-state index contributed by atoms with van der Waals surface area (Å²) in [6.45, 7) is -2.94. The molecule has 0 aliphatic heterocycles. The van der Waals surface area contributed by atoms with E-state index in [-0.39, 0.29) is 29.6 Å². The zero-order chi connectivity index (χ0) is 14.5. The van der Waals surface area contributed by atoms with Gasteiger partial charge in [-0.1, -0.05) is 17.6 Å². The largest absolute Gasteiger partial charge is 1.00 e. The van der Waals surface area contributed by atoms with E-state index in [2.05, 4.69) is 0 Å². The van der Waals surface area contributed by atoms with Gasteiger partial charge in [0.25, 0.3) is 0 Å². The first-order valence-corrected chi connectivity index (χ1v) is 3.86. The zero-order valence-corrected chi connectivity index (χ0v) is 8.95. The zero-order valence-electron chi connectivity index (χ0n) is 13.1. The number of hydrogen-bond acceptors (Lipinski definition) is 3. The van der Waals surface area contributed by atoms with Crippen molar-refractivity contribution < 1.29 is 52.1 Å². The normalized spacial score (nSPS) is 19.9. The van der Waals surface area contributed by atoms with E-state index in [1.165, 1.54) is 0 Å². The fourth-order valence-electron chi connectivity index (χ4n) is 0.426. The molecule has 0 spiro atoms. The van der Waals surface area contributed by atoms with E-state index < -0.39 is 51.6 Å². The Hall–Kier alpha value is 0.130. The Morgan fingerprint density at radius 1 is 1.42 bits per heavy atom. The van der Waals surface area contributed by atoms with Gasteiger partial charge in [-0.05, 0) is 18.9 Å². The SMILES string of the molecule is [2H]c1c([2H])c(S(=O)(=O)[O-])c([2H])c([2H])c1C([2H])([2H])[2H].[Na+]. The standard InChI is InChI=1S/C7H8O3S.Na/c1-6-2-4-7(5-3-6)11(8,9)10;/h2-5H,1H3,(H,8,9,10);/q;+1/p-1/i1D3,2D,3D,4D,5D;. The fraction of sp³-hybridized carbons (Fsp3) is 0.143. The Kier molecular flexibility index (Phi) is 1.67. The van der Waals surface area contributed by atoms with Crippen LogP contribution in [0.4, 0.5) is 0 Å². The molecule has 0 amide bonds. The van der Waals surface area contributed by atoms with Crippen molar-refractivity contribution in [3.63, 3.8) is 0 Å². The second kappa shape index (κ2) is 4.39. The molecular weight excluding hydrogens is 187 g/mol. The van der Waals surface area contributed by atoms with Crippen LogP contribution in [0, 0.1) is 6.85 Å².